The molecule has 5 heteroatoms. The monoisotopic (exact) mass is 251 g/mol. The fourth-order valence-corrected chi connectivity index (χ4v) is 2.97. The van der Waals surface area contributed by atoms with Crippen molar-refractivity contribution < 1.29 is 0 Å². The molecule has 0 aliphatic rings. The molecule has 0 aliphatic heterocycles. The summed E-state index contributed by atoms with van der Waals surface area (Å²) >= 11 is 3.27. The number of aryl methyl sites for hydroxylation is 1. The van der Waals surface area contributed by atoms with Crippen molar-refractivity contribution in [2.45, 2.75) is 22.8 Å². The Balaban J connectivity index is 2.05. The highest BCUT2D eigenvalue weighted by Crippen LogP contribution is 2.28. The molecule has 0 aliphatic carbocycles. The lowest BCUT2D eigenvalue weighted by molar-refractivity contribution is 0.809. The quantitative estimate of drug-likeness (QED) is 0.906. The second-order valence-electron chi connectivity index (χ2n) is 3.39. The van der Waals surface area contributed by atoms with Gasteiger partial charge in [-0.15, -0.1) is 11.3 Å². The van der Waals surface area contributed by atoms with Gasteiger partial charge < -0.3 is 5.32 Å². The van der Waals surface area contributed by atoms with Crippen molar-refractivity contribution >= 4 is 23.1 Å². The SMILES string of the molecule is CNCc1ccc(Sc2nc(C)cs2)nc1. The summed E-state index contributed by atoms with van der Waals surface area (Å²) in [5, 5.41) is 6.15. The van der Waals surface area contributed by atoms with E-state index >= 15 is 0 Å². The minimum absolute atomic E-state index is 0.855. The van der Waals surface area contributed by atoms with Crippen molar-refractivity contribution in [3.8, 4) is 0 Å². The summed E-state index contributed by atoms with van der Waals surface area (Å²) in [5.41, 5.74) is 2.27. The van der Waals surface area contributed by atoms with Crippen LogP contribution in [0.15, 0.2) is 33.1 Å². The summed E-state index contributed by atoms with van der Waals surface area (Å²) in [6, 6.07) is 4.13. The maximum atomic E-state index is 4.39. The minimum atomic E-state index is 0.855. The van der Waals surface area contributed by atoms with E-state index in [1.165, 1.54) is 5.56 Å². The zero-order valence-electron chi connectivity index (χ0n) is 9.23. The molecule has 1 N–H and O–H groups in total. The predicted octanol–water partition coefficient (Wildman–Crippen LogP) is 2.72. The summed E-state index contributed by atoms with van der Waals surface area (Å²) in [6.07, 6.45) is 1.90. The molecule has 0 fully saturated rings. The Morgan fingerprint density at radius 2 is 2.31 bits per heavy atom. The first-order chi connectivity index (χ1) is 7.78. The summed E-state index contributed by atoms with van der Waals surface area (Å²) in [4.78, 5) is 8.79. The fourth-order valence-electron chi connectivity index (χ4n) is 1.25. The molecule has 0 radical (unpaired) electrons. The lowest BCUT2D eigenvalue weighted by Gasteiger charge is -2.00. The molecule has 16 heavy (non-hydrogen) atoms. The molecule has 84 valence electrons. The van der Waals surface area contributed by atoms with Gasteiger partial charge in [0.1, 0.15) is 5.03 Å². The average molecular weight is 251 g/mol. The topological polar surface area (TPSA) is 37.8 Å². The molecule has 2 aromatic rings. The molecular weight excluding hydrogens is 238 g/mol. The van der Waals surface area contributed by atoms with Gasteiger partial charge in [0, 0.05) is 23.8 Å². The van der Waals surface area contributed by atoms with Crippen molar-refractivity contribution in [3.05, 3.63) is 35.0 Å². The van der Waals surface area contributed by atoms with Gasteiger partial charge in [-0.3, -0.25) is 0 Å². The van der Waals surface area contributed by atoms with Crippen molar-refractivity contribution in [2.75, 3.05) is 7.05 Å². The zero-order valence-corrected chi connectivity index (χ0v) is 10.9. The van der Waals surface area contributed by atoms with Crippen LogP contribution in [0.1, 0.15) is 11.3 Å². The lowest BCUT2D eigenvalue weighted by atomic mass is 10.3. The van der Waals surface area contributed by atoms with Gasteiger partial charge in [0.15, 0.2) is 4.34 Å². The Morgan fingerprint density at radius 3 is 2.88 bits per heavy atom. The standard InChI is InChI=1S/C11H13N3S2/c1-8-7-15-11(14-8)16-10-4-3-9(5-12-2)6-13-10/h3-4,6-7,12H,5H2,1-2H3. The van der Waals surface area contributed by atoms with Crippen LogP contribution in [0.3, 0.4) is 0 Å². The van der Waals surface area contributed by atoms with Crippen LogP contribution in [0, 0.1) is 6.92 Å². The molecule has 0 amide bonds. The Kier molecular flexibility index (Phi) is 3.93. The van der Waals surface area contributed by atoms with Crippen LogP contribution < -0.4 is 5.32 Å². The molecule has 0 spiro atoms. The Hall–Kier alpha value is -0.910. The number of thiazole rings is 1. The van der Waals surface area contributed by atoms with E-state index in [9.17, 15) is 0 Å². The second kappa shape index (κ2) is 5.43. The molecule has 0 saturated carbocycles. The third-order valence-electron chi connectivity index (χ3n) is 1.97. The molecule has 0 atom stereocenters. The molecule has 3 nitrogen and oxygen atoms in total. The van der Waals surface area contributed by atoms with E-state index in [-0.39, 0.29) is 0 Å². The Morgan fingerprint density at radius 1 is 1.44 bits per heavy atom. The summed E-state index contributed by atoms with van der Waals surface area (Å²) < 4.78 is 1.05. The number of nitrogens with one attached hydrogen (secondary N) is 1. The smallest absolute Gasteiger partial charge is 0.156 e. The van der Waals surface area contributed by atoms with Crippen molar-refractivity contribution in [3.63, 3.8) is 0 Å². The zero-order chi connectivity index (χ0) is 11.4. The van der Waals surface area contributed by atoms with Crippen molar-refractivity contribution in [1.82, 2.24) is 15.3 Å². The molecule has 0 unspecified atom stereocenters. The normalized spacial score (nSPS) is 10.6. The van der Waals surface area contributed by atoms with Crippen molar-refractivity contribution in [1.29, 1.82) is 0 Å². The first-order valence-corrected chi connectivity index (χ1v) is 6.67. The largest absolute Gasteiger partial charge is 0.316 e. The van der Waals surface area contributed by atoms with E-state index in [1.807, 2.05) is 26.2 Å². The van der Waals surface area contributed by atoms with E-state index in [4.69, 9.17) is 0 Å². The van der Waals surface area contributed by atoms with Crippen LogP contribution in [0.25, 0.3) is 0 Å². The van der Waals surface area contributed by atoms with E-state index in [1.54, 1.807) is 23.1 Å². The Labute approximate surface area is 103 Å². The minimum Gasteiger partial charge on any atom is -0.316 e. The van der Waals surface area contributed by atoms with Gasteiger partial charge in [-0.05, 0) is 37.4 Å². The van der Waals surface area contributed by atoms with Crippen molar-refractivity contribution in [2.24, 2.45) is 0 Å². The van der Waals surface area contributed by atoms with Gasteiger partial charge in [0.25, 0.3) is 0 Å². The number of hydrogen-bond donors (Lipinski definition) is 1. The van der Waals surface area contributed by atoms with Crippen LogP contribution in [0.5, 0.6) is 0 Å². The first kappa shape index (κ1) is 11.6. The predicted molar refractivity (Wildman–Crippen MR) is 68.0 cm³/mol. The van der Waals surface area contributed by atoms with Gasteiger partial charge in [-0.1, -0.05) is 6.07 Å². The third kappa shape index (κ3) is 3.04. The van der Waals surface area contributed by atoms with Gasteiger partial charge in [-0.2, -0.15) is 0 Å². The van der Waals surface area contributed by atoms with Gasteiger partial charge in [0.05, 0.1) is 0 Å². The summed E-state index contributed by atoms with van der Waals surface area (Å²) in [5.74, 6) is 0. The molecule has 2 aromatic heterocycles. The summed E-state index contributed by atoms with van der Waals surface area (Å²) in [6.45, 7) is 2.86. The van der Waals surface area contributed by atoms with Crippen LogP contribution in [-0.4, -0.2) is 17.0 Å². The molecule has 2 heterocycles. The number of rotatable bonds is 4. The highest BCUT2D eigenvalue weighted by molar-refractivity contribution is 8.00. The number of pyridine rings is 1. The van der Waals surface area contributed by atoms with Gasteiger partial charge >= 0.3 is 0 Å². The van der Waals surface area contributed by atoms with E-state index < -0.39 is 0 Å². The second-order valence-corrected chi connectivity index (χ2v) is 5.52. The van der Waals surface area contributed by atoms with E-state index in [2.05, 4.69) is 26.7 Å². The van der Waals surface area contributed by atoms with Crippen LogP contribution in [0.2, 0.25) is 0 Å². The van der Waals surface area contributed by atoms with Crippen LogP contribution in [0.4, 0.5) is 0 Å². The maximum absolute atomic E-state index is 4.39. The van der Waals surface area contributed by atoms with E-state index in [0.29, 0.717) is 0 Å². The van der Waals surface area contributed by atoms with E-state index in [0.717, 1.165) is 21.6 Å². The van der Waals surface area contributed by atoms with Gasteiger partial charge in [0.2, 0.25) is 0 Å². The molecular formula is C11H13N3S2. The Bertz CT molecular complexity index is 451. The third-order valence-corrected chi connectivity index (χ3v) is 3.98. The number of nitrogens with zero attached hydrogens (tertiary/aromatic N) is 2. The van der Waals surface area contributed by atoms with Crippen LogP contribution in [-0.2, 0) is 6.54 Å². The highest BCUT2D eigenvalue weighted by atomic mass is 32.2. The lowest BCUT2D eigenvalue weighted by Crippen LogP contribution is -2.04. The highest BCUT2D eigenvalue weighted by Gasteiger charge is 2.02. The number of aromatic nitrogens is 2. The average Bonchev–Trinajstić information content (AvgIpc) is 2.67. The first-order valence-electron chi connectivity index (χ1n) is 4.97. The molecule has 2 rings (SSSR count). The molecule has 0 aromatic carbocycles. The molecule has 0 saturated heterocycles. The fraction of sp³-hybridized carbons (Fsp3) is 0.273. The number of hydrogen-bond acceptors (Lipinski definition) is 5. The van der Waals surface area contributed by atoms with Gasteiger partial charge in [-0.25, -0.2) is 9.97 Å². The summed E-state index contributed by atoms with van der Waals surface area (Å²) in [7, 11) is 1.93. The maximum Gasteiger partial charge on any atom is 0.156 e. The molecule has 0 bridgehead atoms. The van der Waals surface area contributed by atoms with Crippen LogP contribution >= 0.6 is 23.1 Å².